The first-order valence-corrected chi connectivity index (χ1v) is 10.6. The van der Waals surface area contributed by atoms with E-state index in [1.54, 1.807) is 36.4 Å². The summed E-state index contributed by atoms with van der Waals surface area (Å²) in [5.41, 5.74) is 0.736. The van der Waals surface area contributed by atoms with Crippen LogP contribution in [0.3, 0.4) is 0 Å². The molecule has 0 aliphatic carbocycles. The average Bonchev–Trinajstić information content (AvgIpc) is 2.60. The highest BCUT2D eigenvalue weighted by molar-refractivity contribution is 8.76. The predicted octanol–water partition coefficient (Wildman–Crippen LogP) is 6.04. The molecule has 2 aromatic carbocycles. The lowest BCUT2D eigenvalue weighted by Gasteiger charge is -2.11. The first-order valence-electron chi connectivity index (χ1n) is 7.74. The van der Waals surface area contributed by atoms with Crippen molar-refractivity contribution in [3.8, 4) is 11.5 Å². The van der Waals surface area contributed by atoms with Gasteiger partial charge in [-0.05, 0) is 73.4 Å². The van der Waals surface area contributed by atoms with E-state index >= 15 is 0 Å². The van der Waals surface area contributed by atoms with Crippen molar-refractivity contribution in [1.29, 1.82) is 0 Å². The molecule has 0 bridgehead atoms. The highest BCUT2D eigenvalue weighted by Gasteiger charge is 2.16. The molecule has 138 valence electrons. The smallest absolute Gasteiger partial charge is 0.253 e. The van der Waals surface area contributed by atoms with Crippen molar-refractivity contribution in [2.24, 2.45) is 0 Å². The van der Waals surface area contributed by atoms with Crippen molar-refractivity contribution in [2.45, 2.75) is 23.6 Å². The standard InChI is InChI=1S/C18H16Cl2O4S2/c1-3-23-11-5-7-13(17(19)21)15(9-11)25-26-16-10-12(24-4-2)6-8-14(16)18(20)22/h5-10H,3-4H2,1-2H3. The van der Waals surface area contributed by atoms with E-state index in [2.05, 4.69) is 0 Å². The second-order valence-electron chi connectivity index (χ2n) is 4.90. The molecule has 0 atom stereocenters. The Morgan fingerprint density at radius 2 is 1.19 bits per heavy atom. The van der Waals surface area contributed by atoms with Gasteiger partial charge in [0.05, 0.1) is 13.2 Å². The lowest BCUT2D eigenvalue weighted by molar-refractivity contribution is 0.107. The summed E-state index contributed by atoms with van der Waals surface area (Å²) in [5.74, 6) is 1.27. The van der Waals surface area contributed by atoms with Crippen LogP contribution in [0.4, 0.5) is 0 Å². The van der Waals surface area contributed by atoms with Crippen molar-refractivity contribution in [1.82, 2.24) is 0 Å². The Kier molecular flexibility index (Phi) is 8.15. The molecule has 0 saturated heterocycles. The number of hydrogen-bond donors (Lipinski definition) is 0. The van der Waals surface area contributed by atoms with E-state index in [0.717, 1.165) is 0 Å². The first kappa shape index (κ1) is 21.0. The van der Waals surface area contributed by atoms with Gasteiger partial charge in [-0.3, -0.25) is 9.59 Å². The molecule has 0 aromatic heterocycles. The van der Waals surface area contributed by atoms with Gasteiger partial charge in [0.15, 0.2) is 0 Å². The minimum absolute atomic E-state index is 0.368. The van der Waals surface area contributed by atoms with Crippen LogP contribution in [0.15, 0.2) is 46.2 Å². The summed E-state index contributed by atoms with van der Waals surface area (Å²) in [6.45, 7) is 4.76. The number of carbonyl (C=O) groups is 2. The van der Waals surface area contributed by atoms with E-state index in [0.29, 0.717) is 45.6 Å². The van der Waals surface area contributed by atoms with Gasteiger partial charge in [0, 0.05) is 20.9 Å². The Morgan fingerprint density at radius 3 is 1.50 bits per heavy atom. The van der Waals surface area contributed by atoms with E-state index < -0.39 is 10.5 Å². The van der Waals surface area contributed by atoms with Crippen LogP contribution >= 0.6 is 44.8 Å². The normalized spacial score (nSPS) is 10.5. The Bertz CT molecular complexity index is 744. The molecule has 2 aromatic rings. The molecule has 0 unspecified atom stereocenters. The van der Waals surface area contributed by atoms with Gasteiger partial charge in [-0.15, -0.1) is 0 Å². The molecule has 0 heterocycles. The van der Waals surface area contributed by atoms with Gasteiger partial charge in [-0.25, -0.2) is 0 Å². The predicted molar refractivity (Wildman–Crippen MR) is 107 cm³/mol. The number of carbonyl (C=O) groups excluding carboxylic acids is 2. The summed E-state index contributed by atoms with van der Waals surface area (Å²) >= 11 is 11.3. The average molecular weight is 431 g/mol. The van der Waals surface area contributed by atoms with E-state index in [-0.39, 0.29) is 0 Å². The topological polar surface area (TPSA) is 52.6 Å². The summed E-state index contributed by atoms with van der Waals surface area (Å²) in [5, 5.41) is -1.12. The molecular weight excluding hydrogens is 415 g/mol. The van der Waals surface area contributed by atoms with E-state index in [4.69, 9.17) is 32.7 Å². The number of rotatable bonds is 9. The quantitative estimate of drug-likeness (QED) is 0.356. The van der Waals surface area contributed by atoms with Gasteiger partial charge < -0.3 is 9.47 Å². The number of hydrogen-bond acceptors (Lipinski definition) is 6. The SMILES string of the molecule is CCOc1ccc(C(=O)Cl)c(SSc2cc(OCC)ccc2C(=O)Cl)c1. The van der Waals surface area contributed by atoms with Crippen molar-refractivity contribution in [3.63, 3.8) is 0 Å². The fourth-order valence-corrected chi connectivity index (χ4v) is 4.89. The van der Waals surface area contributed by atoms with Crippen molar-refractivity contribution in [3.05, 3.63) is 47.5 Å². The molecule has 0 aliphatic rings. The first-order chi connectivity index (χ1) is 12.5. The molecule has 0 amide bonds. The van der Waals surface area contributed by atoms with Gasteiger partial charge in [0.2, 0.25) is 0 Å². The Labute approximate surface area is 169 Å². The molecule has 0 spiro atoms. The molecule has 0 N–H and O–H groups in total. The number of benzene rings is 2. The van der Waals surface area contributed by atoms with Crippen LogP contribution in [0.5, 0.6) is 11.5 Å². The number of halogens is 2. The third-order valence-corrected chi connectivity index (χ3v) is 6.03. The van der Waals surface area contributed by atoms with Crippen LogP contribution in [0.25, 0.3) is 0 Å². The summed E-state index contributed by atoms with van der Waals surface area (Å²) in [6.07, 6.45) is 0. The lowest BCUT2D eigenvalue weighted by atomic mass is 10.2. The monoisotopic (exact) mass is 430 g/mol. The molecule has 0 radical (unpaired) electrons. The van der Waals surface area contributed by atoms with Crippen LogP contribution in [0, 0.1) is 0 Å². The van der Waals surface area contributed by atoms with Crippen LogP contribution in [-0.2, 0) is 0 Å². The number of ether oxygens (including phenoxy) is 2. The van der Waals surface area contributed by atoms with E-state index in [1.165, 1.54) is 21.6 Å². The zero-order chi connectivity index (χ0) is 19.1. The fourth-order valence-electron chi connectivity index (χ4n) is 2.07. The third-order valence-electron chi connectivity index (χ3n) is 3.17. The molecular formula is C18H16Cl2O4S2. The van der Waals surface area contributed by atoms with Crippen LogP contribution in [-0.4, -0.2) is 23.7 Å². The van der Waals surface area contributed by atoms with E-state index in [1.807, 2.05) is 13.8 Å². The van der Waals surface area contributed by atoms with Gasteiger partial charge in [0.25, 0.3) is 10.5 Å². The van der Waals surface area contributed by atoms with Crippen LogP contribution in [0.1, 0.15) is 34.6 Å². The van der Waals surface area contributed by atoms with E-state index in [9.17, 15) is 9.59 Å². The zero-order valence-corrected chi connectivity index (χ0v) is 17.2. The summed E-state index contributed by atoms with van der Waals surface area (Å²) in [4.78, 5) is 24.6. The Balaban J connectivity index is 2.32. The second-order valence-corrected chi connectivity index (χ2v) is 7.80. The molecule has 26 heavy (non-hydrogen) atoms. The highest BCUT2D eigenvalue weighted by Crippen LogP contribution is 2.43. The van der Waals surface area contributed by atoms with Crippen molar-refractivity contribution < 1.29 is 19.1 Å². The Morgan fingerprint density at radius 1 is 0.808 bits per heavy atom. The second kappa shape index (κ2) is 10.1. The lowest BCUT2D eigenvalue weighted by Crippen LogP contribution is -1.97. The van der Waals surface area contributed by atoms with Crippen molar-refractivity contribution >= 4 is 55.3 Å². The fraction of sp³-hybridized carbons (Fsp3) is 0.222. The summed E-state index contributed by atoms with van der Waals surface area (Å²) in [6, 6.07) is 10.1. The molecule has 4 nitrogen and oxygen atoms in total. The maximum Gasteiger partial charge on any atom is 0.253 e. The molecule has 2 rings (SSSR count). The molecule has 8 heteroatoms. The minimum Gasteiger partial charge on any atom is -0.494 e. The molecule has 0 aliphatic heterocycles. The largest absolute Gasteiger partial charge is 0.494 e. The van der Waals surface area contributed by atoms with Gasteiger partial charge in [-0.2, -0.15) is 0 Å². The summed E-state index contributed by atoms with van der Waals surface area (Å²) < 4.78 is 10.9. The van der Waals surface area contributed by atoms with Gasteiger partial charge >= 0.3 is 0 Å². The third kappa shape index (κ3) is 5.58. The molecule has 0 saturated carbocycles. The van der Waals surface area contributed by atoms with Crippen molar-refractivity contribution in [2.75, 3.05) is 13.2 Å². The zero-order valence-electron chi connectivity index (χ0n) is 14.1. The maximum atomic E-state index is 11.7. The highest BCUT2D eigenvalue weighted by atomic mass is 35.5. The minimum atomic E-state index is -0.562. The Hall–Kier alpha value is -1.34. The van der Waals surface area contributed by atoms with Gasteiger partial charge in [0.1, 0.15) is 11.5 Å². The summed E-state index contributed by atoms with van der Waals surface area (Å²) in [7, 11) is 2.58. The maximum absolute atomic E-state index is 11.7. The van der Waals surface area contributed by atoms with Crippen LogP contribution in [0.2, 0.25) is 0 Å². The van der Waals surface area contributed by atoms with Gasteiger partial charge in [-0.1, -0.05) is 21.6 Å². The molecule has 0 fully saturated rings. The van der Waals surface area contributed by atoms with Crippen LogP contribution < -0.4 is 9.47 Å².